The molecule has 4 aliphatic heterocycles. The minimum atomic E-state index is 0.0795. The number of fused-ring (bicyclic) bond motifs is 1. The van der Waals surface area contributed by atoms with Crippen molar-refractivity contribution in [2.45, 2.75) is 112 Å². The number of carbonyl (C=O) groups excluding carboxylic acids is 1. The molecular weight excluding hydrogens is 1720 g/mol. The van der Waals surface area contributed by atoms with Crippen molar-refractivity contribution in [1.82, 2.24) is 40.7 Å². The molecule has 0 amide bonds. The summed E-state index contributed by atoms with van der Waals surface area (Å²) in [7, 11) is 0. The van der Waals surface area contributed by atoms with E-state index in [1.807, 2.05) is 102 Å². The standard InChI is InChI=1S/C7H11NS3.C7H5NS2.C6H10N2S3.C5H8N2S4.C4H5NS3.C4H5NS2.C4H8S4.C4H4S3.C3H4OS4.C3H6S4/c1-7(2,3)4-5(9)11-6(10)8-4;9-7-8-5-3-1-2-4-6(5)10-7;1-2-3-4-10-6-8-7-5(9)11-6;8-2-1-3-10-5-7-6-4(9)11-5;1-2-3(6)8-4(7)5-2;6-4-3-5-1-2-7-4;5-3-1-7-4(6)2-8-3;5-3-1-2-4(6)7-3;4-3-7-1(5)2(6)8-3;4-2-3(5)7-1-6-2/h9H,1-3H3,(H,8,10);1-4H,(H,8,9);2-4H2,1H3,(H,7,9);8H,1-3H2,(H,6,9);6H,1H3,(H,5,7);1-3,5-6H;3-6H,1-2H2;1-2,5-6H;1-2,5-6H;2-5H,1H2. The summed E-state index contributed by atoms with van der Waals surface area (Å²) < 4.78 is 14.6. The van der Waals surface area contributed by atoms with Crippen molar-refractivity contribution in [3.05, 3.63) is 89.6 Å². The van der Waals surface area contributed by atoms with Crippen LogP contribution >= 0.6 is 387 Å². The number of para-hydroxylation sites is 1. The average molecular weight is 1790 g/mol. The second-order valence-corrected chi connectivity index (χ2v) is 47.6. The van der Waals surface area contributed by atoms with Gasteiger partial charge in [0.05, 0.1) is 58.8 Å². The number of unbranched alkanes of at least 4 members (excludes halogenated alkanes) is 1. The van der Waals surface area contributed by atoms with Gasteiger partial charge in [0, 0.05) is 57.3 Å². The molecule has 6 unspecified atom stereocenters. The van der Waals surface area contributed by atoms with Crippen LogP contribution in [0.3, 0.4) is 0 Å². The number of carbonyl (C=O) groups is 1. The molecule has 88 heavy (non-hydrogen) atoms. The molecule has 41 heteroatoms. The lowest BCUT2D eigenvalue weighted by Gasteiger charge is -2.20. The number of rotatable bonds is 8. The summed E-state index contributed by atoms with van der Waals surface area (Å²) in [5, 5.41) is 19.5. The van der Waals surface area contributed by atoms with E-state index in [0.717, 1.165) is 107 Å². The van der Waals surface area contributed by atoms with Gasteiger partial charge in [-0.3, -0.25) is 15.0 Å². The summed E-state index contributed by atoms with van der Waals surface area (Å²) in [5.41, 5.74) is 3.45. The topological polar surface area (TPSA) is 134 Å². The zero-order chi connectivity index (χ0) is 65.8. The number of thiazole rings is 3. The minimum Gasteiger partial charge on any atom is -0.366 e. The average Bonchev–Trinajstić information content (AvgIpc) is 2.83. The first kappa shape index (κ1) is 88.7. The number of nitrogens with zero attached hydrogens (tertiary/aromatic N) is 2. The Balaban J connectivity index is 0.000000335. The molecule has 1 aromatic carbocycles. The lowest BCUT2D eigenvalue weighted by Crippen LogP contribution is -2.12. The Morgan fingerprint density at radius 2 is 1.14 bits per heavy atom. The smallest absolute Gasteiger partial charge is 0.248 e. The van der Waals surface area contributed by atoms with Crippen LogP contribution in [-0.4, -0.2) is 101 Å². The van der Waals surface area contributed by atoms with E-state index in [1.54, 1.807) is 69.3 Å². The van der Waals surface area contributed by atoms with E-state index in [0.29, 0.717) is 18.3 Å². The number of thioether (sulfide) groups is 9. The van der Waals surface area contributed by atoms with Gasteiger partial charge in [-0.05, 0) is 116 Å². The maximum Gasteiger partial charge on any atom is 0.248 e. The van der Waals surface area contributed by atoms with Crippen molar-refractivity contribution in [1.29, 1.82) is 0 Å². The van der Waals surface area contributed by atoms with Gasteiger partial charge in [-0.25, -0.2) is 0 Å². The van der Waals surface area contributed by atoms with Gasteiger partial charge in [-0.15, -0.1) is 133 Å². The van der Waals surface area contributed by atoms with Crippen LogP contribution in [0.5, 0.6) is 0 Å². The van der Waals surface area contributed by atoms with Crippen LogP contribution in [-0.2, 0) is 5.41 Å². The van der Waals surface area contributed by atoms with Crippen LogP contribution in [0.15, 0.2) is 84.0 Å². The van der Waals surface area contributed by atoms with Gasteiger partial charge in [0.15, 0.2) is 28.5 Å². The van der Waals surface area contributed by atoms with Crippen molar-refractivity contribution in [3.63, 3.8) is 0 Å². The van der Waals surface area contributed by atoms with E-state index in [9.17, 15) is 4.79 Å². The van der Waals surface area contributed by atoms with E-state index in [4.69, 9.17) is 61.1 Å². The van der Waals surface area contributed by atoms with E-state index >= 15 is 0 Å². The first-order valence-electron chi connectivity index (χ1n) is 24.8. The number of thiophene rings is 1. The summed E-state index contributed by atoms with van der Waals surface area (Å²) in [5.74, 6) is 5.43. The second kappa shape index (κ2) is 51.7. The summed E-state index contributed by atoms with van der Waals surface area (Å²) >= 11 is 99.1. The minimum absolute atomic E-state index is 0.0795. The van der Waals surface area contributed by atoms with Gasteiger partial charge in [-0.1, -0.05) is 150 Å². The van der Waals surface area contributed by atoms with Crippen molar-refractivity contribution < 1.29 is 4.79 Å². The molecule has 0 bridgehead atoms. The first-order valence-corrected chi connectivity index (χ1v) is 46.5. The first-order chi connectivity index (χ1) is 41.6. The highest BCUT2D eigenvalue weighted by atomic mass is 32.3. The molecule has 7 aromatic rings. The third kappa shape index (κ3) is 42.6. The van der Waals surface area contributed by atoms with Crippen molar-refractivity contribution in [2.24, 2.45) is 0 Å². The molecule has 11 rings (SSSR count). The van der Waals surface area contributed by atoms with E-state index in [-0.39, 0.29) is 19.0 Å². The van der Waals surface area contributed by atoms with Crippen LogP contribution < -0.4 is 5.32 Å². The van der Waals surface area contributed by atoms with Gasteiger partial charge in [-0.2, -0.15) is 98.6 Å². The quantitative estimate of drug-likeness (QED) is 0.0304. The van der Waals surface area contributed by atoms with Crippen LogP contribution in [0.2, 0.25) is 0 Å². The molecule has 6 N–H and O–H groups in total. The molecule has 492 valence electrons. The Labute approximate surface area is 671 Å². The van der Waals surface area contributed by atoms with Gasteiger partial charge in [0.2, 0.25) is 4.45 Å². The summed E-state index contributed by atoms with van der Waals surface area (Å²) in [6.07, 6.45) is 7.30. The van der Waals surface area contributed by atoms with Crippen LogP contribution in [0.4, 0.5) is 4.79 Å². The molecule has 9 nitrogen and oxygen atoms in total. The highest BCUT2D eigenvalue weighted by molar-refractivity contribution is 8.46. The molecule has 6 atom stereocenters. The van der Waals surface area contributed by atoms with Crippen molar-refractivity contribution in [2.75, 3.05) is 33.8 Å². The van der Waals surface area contributed by atoms with Crippen LogP contribution in [0.1, 0.15) is 58.3 Å². The van der Waals surface area contributed by atoms with Crippen molar-refractivity contribution >= 4 is 401 Å². The van der Waals surface area contributed by atoms with Crippen LogP contribution in [0, 0.1) is 26.7 Å². The Morgan fingerprint density at radius 1 is 0.625 bits per heavy atom. The third-order valence-electron chi connectivity index (χ3n) is 8.99. The van der Waals surface area contributed by atoms with Crippen LogP contribution in [0.25, 0.3) is 10.2 Å². The molecule has 0 saturated carbocycles. The number of hydrogen-bond acceptors (Lipinski definition) is 36. The molecule has 3 fully saturated rings. The summed E-state index contributed by atoms with van der Waals surface area (Å²) in [4.78, 5) is 19.7. The fraction of sp³-hybridized carbons (Fsp3) is 0.447. The number of hydrogen-bond donors (Lipinski definition) is 18. The normalized spacial score (nSPS) is 18.8. The number of aromatic nitrogens is 7. The Bertz CT molecular complexity index is 3210. The Hall–Kier alpha value is 4.59. The van der Waals surface area contributed by atoms with E-state index < -0.39 is 0 Å². The third-order valence-corrected chi connectivity index (χ3v) is 34.0. The summed E-state index contributed by atoms with van der Waals surface area (Å²) in [6, 6.07) is 12.0. The molecule has 3 saturated heterocycles. The Kier molecular flexibility index (Phi) is 52.1. The zero-order valence-corrected chi connectivity index (χ0v) is 73.9. The SMILES string of the molecule is CC(C)(C)c1[nH]c(=S)sc1S.CCCCSc1n[nH]c(=S)s1.Cc1[nH]c(=S)sc1S.O=C1SC(S)C(S)S1.S=c1[nH]c2ccccc2s1.S=c1[nH]nc(SCCCS)s1.SC1=CNC=CS1.SC1CSC(S)CS1.SC1SCSC1S.Sc1ccc(S)s1. The van der Waals surface area contributed by atoms with Gasteiger partial charge in [0.25, 0.3) is 0 Å². The number of benzene rings is 1. The maximum atomic E-state index is 10.5. The molecule has 4 aliphatic rings. The number of thiol groups is 12. The van der Waals surface area contributed by atoms with E-state index in [2.05, 4.69) is 226 Å². The number of nitrogens with one attached hydrogen (secondary N) is 6. The molecule has 6 aromatic heterocycles. The fourth-order valence-corrected chi connectivity index (χ4v) is 26.5. The summed E-state index contributed by atoms with van der Waals surface area (Å²) in [6.45, 7) is 10.6. The van der Waals surface area contributed by atoms with Gasteiger partial charge < -0.3 is 20.3 Å². The van der Waals surface area contributed by atoms with Gasteiger partial charge >= 0.3 is 0 Å². The lowest BCUT2D eigenvalue weighted by atomic mass is 9.93. The predicted molar refractivity (Wildman–Crippen MR) is 471 cm³/mol. The zero-order valence-electron chi connectivity index (χ0n) is 46.9. The largest absolute Gasteiger partial charge is 0.366 e. The molecule has 10 heterocycles. The molecular formula is C47H66N8OS32. The van der Waals surface area contributed by atoms with Gasteiger partial charge in [0.1, 0.15) is 0 Å². The number of aryl methyl sites for hydroxylation is 1. The highest BCUT2D eigenvalue weighted by Gasteiger charge is 2.29. The molecule has 0 radical (unpaired) electrons. The molecule has 0 aliphatic carbocycles. The number of H-pyrrole nitrogens is 5. The maximum absolute atomic E-state index is 10.5. The lowest BCUT2D eigenvalue weighted by molar-refractivity contribution is 0.277. The van der Waals surface area contributed by atoms with Crippen molar-refractivity contribution in [3.8, 4) is 0 Å². The molecule has 0 spiro atoms. The number of aromatic amines is 5. The fourth-order valence-electron chi connectivity index (χ4n) is 4.98. The monoisotopic (exact) mass is 1780 g/mol. The van der Waals surface area contributed by atoms with E-state index in [1.165, 1.54) is 75.1 Å². The second-order valence-electron chi connectivity index (χ2n) is 17.0. The Morgan fingerprint density at radius 3 is 1.43 bits per heavy atom. The predicted octanol–water partition coefficient (Wildman–Crippen LogP) is 24.3. The highest BCUT2D eigenvalue weighted by Crippen LogP contribution is 2.43.